The molecule has 68 valence electrons. The molecule has 1 saturated carbocycles. The van der Waals surface area contributed by atoms with Crippen molar-refractivity contribution in [3.8, 4) is 0 Å². The average Bonchev–Trinajstić information content (AvgIpc) is 2.07. The van der Waals surface area contributed by atoms with Gasteiger partial charge in [0.1, 0.15) is 5.60 Å². The van der Waals surface area contributed by atoms with E-state index in [0.29, 0.717) is 6.54 Å². The molecule has 0 unspecified atom stereocenters. The average molecular weight is 167 g/mol. The maximum absolute atomic E-state index is 5.54. The molecule has 0 atom stereocenters. The van der Waals surface area contributed by atoms with Gasteiger partial charge in [-0.1, -0.05) is 13.0 Å². The first-order valence-electron chi connectivity index (χ1n) is 4.54. The second-order valence-electron chi connectivity index (χ2n) is 3.41. The highest BCUT2D eigenvalue weighted by molar-refractivity contribution is 5.23. The molecule has 0 amide bonds. The maximum atomic E-state index is 5.54. The van der Waals surface area contributed by atoms with Gasteiger partial charge in [0.15, 0.2) is 0 Å². The summed E-state index contributed by atoms with van der Waals surface area (Å²) in [6.07, 6.45) is 7.53. The van der Waals surface area contributed by atoms with Crippen molar-refractivity contribution >= 4 is 6.72 Å². The van der Waals surface area contributed by atoms with E-state index in [1.807, 2.05) is 0 Å². The van der Waals surface area contributed by atoms with Crippen molar-refractivity contribution < 1.29 is 4.74 Å². The van der Waals surface area contributed by atoms with Gasteiger partial charge in [-0.25, -0.2) is 0 Å². The lowest BCUT2D eigenvalue weighted by Gasteiger charge is -2.34. The van der Waals surface area contributed by atoms with Gasteiger partial charge in [-0.15, -0.1) is 0 Å². The third-order valence-corrected chi connectivity index (χ3v) is 2.50. The molecule has 1 aliphatic rings. The fourth-order valence-electron chi connectivity index (χ4n) is 1.89. The minimum Gasteiger partial charge on any atom is -0.494 e. The van der Waals surface area contributed by atoms with Crippen LogP contribution in [0, 0.1) is 0 Å². The number of aliphatic imine (C=N–C) groups is 1. The lowest BCUT2D eigenvalue weighted by molar-refractivity contribution is -0.00187. The van der Waals surface area contributed by atoms with Crippen LogP contribution in [0.4, 0.5) is 0 Å². The molecule has 0 aliphatic heterocycles. The van der Waals surface area contributed by atoms with Crippen LogP contribution in [0.25, 0.3) is 0 Å². The highest BCUT2D eigenvalue weighted by Crippen LogP contribution is 2.31. The zero-order valence-electron chi connectivity index (χ0n) is 7.59. The van der Waals surface area contributed by atoms with Gasteiger partial charge < -0.3 is 4.74 Å². The molecular formula is C10H17NO. The molecule has 2 heteroatoms. The van der Waals surface area contributed by atoms with E-state index in [2.05, 4.69) is 18.3 Å². The Morgan fingerprint density at radius 3 is 2.50 bits per heavy atom. The molecular weight excluding hydrogens is 150 g/mol. The number of ether oxygens (including phenoxy) is 1. The van der Waals surface area contributed by atoms with Gasteiger partial charge in [0.25, 0.3) is 0 Å². The number of hydrogen-bond acceptors (Lipinski definition) is 2. The van der Waals surface area contributed by atoms with E-state index >= 15 is 0 Å². The van der Waals surface area contributed by atoms with Crippen molar-refractivity contribution in [1.82, 2.24) is 0 Å². The second-order valence-corrected chi connectivity index (χ2v) is 3.41. The zero-order chi connectivity index (χ0) is 8.86. The Balaban J connectivity index is 2.55. The minimum absolute atomic E-state index is 0.0677. The summed E-state index contributed by atoms with van der Waals surface area (Å²) >= 11 is 0. The molecule has 2 nitrogen and oxygen atoms in total. The Kier molecular flexibility index (Phi) is 3.32. The summed E-state index contributed by atoms with van der Waals surface area (Å²) in [6, 6.07) is 0. The molecule has 0 spiro atoms. The predicted molar refractivity (Wildman–Crippen MR) is 51.5 cm³/mol. The van der Waals surface area contributed by atoms with Crippen molar-refractivity contribution in [2.24, 2.45) is 4.99 Å². The van der Waals surface area contributed by atoms with Crippen LogP contribution in [-0.4, -0.2) is 18.9 Å². The SMILES string of the molecule is C=COC1(CN=C)CCCCC1. The van der Waals surface area contributed by atoms with Gasteiger partial charge in [-0.2, -0.15) is 0 Å². The summed E-state index contributed by atoms with van der Waals surface area (Å²) in [7, 11) is 0. The summed E-state index contributed by atoms with van der Waals surface area (Å²) in [5.41, 5.74) is -0.0677. The van der Waals surface area contributed by atoms with Crippen LogP contribution < -0.4 is 0 Å². The molecule has 0 heterocycles. The topological polar surface area (TPSA) is 21.6 Å². The molecule has 0 saturated heterocycles. The Hall–Kier alpha value is -0.790. The molecule has 0 aromatic rings. The predicted octanol–water partition coefficient (Wildman–Crippen LogP) is 2.55. The van der Waals surface area contributed by atoms with Crippen molar-refractivity contribution in [3.63, 3.8) is 0 Å². The number of rotatable bonds is 4. The lowest BCUT2D eigenvalue weighted by Crippen LogP contribution is -2.36. The van der Waals surface area contributed by atoms with E-state index < -0.39 is 0 Å². The molecule has 0 aromatic carbocycles. The second kappa shape index (κ2) is 4.29. The highest BCUT2D eigenvalue weighted by atomic mass is 16.5. The minimum atomic E-state index is -0.0677. The fourth-order valence-corrected chi connectivity index (χ4v) is 1.89. The summed E-state index contributed by atoms with van der Waals surface area (Å²) in [4.78, 5) is 3.93. The quantitative estimate of drug-likeness (QED) is 0.466. The molecule has 1 aliphatic carbocycles. The van der Waals surface area contributed by atoms with Crippen LogP contribution in [0.3, 0.4) is 0 Å². The summed E-state index contributed by atoms with van der Waals surface area (Å²) in [6.45, 7) is 7.82. The van der Waals surface area contributed by atoms with Crippen molar-refractivity contribution in [2.75, 3.05) is 6.54 Å². The van der Waals surface area contributed by atoms with Crippen LogP contribution in [-0.2, 0) is 4.74 Å². The smallest absolute Gasteiger partial charge is 0.127 e. The molecule has 0 aromatic heterocycles. The Bertz CT molecular complexity index is 147. The first-order valence-corrected chi connectivity index (χ1v) is 4.54. The largest absolute Gasteiger partial charge is 0.494 e. The van der Waals surface area contributed by atoms with Crippen LogP contribution in [0.5, 0.6) is 0 Å². The Labute approximate surface area is 74.3 Å². The summed E-state index contributed by atoms with van der Waals surface area (Å²) < 4.78 is 5.54. The van der Waals surface area contributed by atoms with Crippen LogP contribution in [0.2, 0.25) is 0 Å². The fraction of sp³-hybridized carbons (Fsp3) is 0.700. The molecule has 1 fully saturated rings. The molecule has 0 radical (unpaired) electrons. The molecule has 0 bridgehead atoms. The summed E-state index contributed by atoms with van der Waals surface area (Å²) in [5.74, 6) is 0. The van der Waals surface area contributed by atoms with Gasteiger partial charge in [-0.3, -0.25) is 4.99 Å². The van der Waals surface area contributed by atoms with Gasteiger partial charge in [0.05, 0.1) is 12.8 Å². The highest BCUT2D eigenvalue weighted by Gasteiger charge is 2.32. The third-order valence-electron chi connectivity index (χ3n) is 2.50. The van der Waals surface area contributed by atoms with E-state index in [-0.39, 0.29) is 5.60 Å². The maximum Gasteiger partial charge on any atom is 0.127 e. The molecule has 12 heavy (non-hydrogen) atoms. The normalized spacial score (nSPS) is 21.3. The standard InChI is InChI=1S/C10H17NO/c1-3-12-10(9-11-2)7-5-4-6-8-10/h3H,1-2,4-9H2. The first kappa shape index (κ1) is 9.30. The van der Waals surface area contributed by atoms with Crippen molar-refractivity contribution in [1.29, 1.82) is 0 Å². The van der Waals surface area contributed by atoms with E-state index in [9.17, 15) is 0 Å². The van der Waals surface area contributed by atoms with E-state index in [1.54, 1.807) is 0 Å². The number of hydrogen-bond donors (Lipinski definition) is 0. The molecule has 1 rings (SSSR count). The zero-order valence-corrected chi connectivity index (χ0v) is 7.59. The monoisotopic (exact) mass is 167 g/mol. The van der Waals surface area contributed by atoms with E-state index in [0.717, 1.165) is 12.8 Å². The third kappa shape index (κ3) is 2.10. The summed E-state index contributed by atoms with van der Waals surface area (Å²) in [5, 5.41) is 0. The molecule has 0 N–H and O–H groups in total. The lowest BCUT2D eigenvalue weighted by atomic mass is 9.85. The van der Waals surface area contributed by atoms with Crippen LogP contribution >= 0.6 is 0 Å². The van der Waals surface area contributed by atoms with Crippen LogP contribution in [0.1, 0.15) is 32.1 Å². The number of nitrogens with zero attached hydrogens (tertiary/aromatic N) is 1. The van der Waals surface area contributed by atoms with Crippen molar-refractivity contribution in [2.45, 2.75) is 37.7 Å². The van der Waals surface area contributed by atoms with Gasteiger partial charge in [-0.05, 0) is 32.4 Å². The van der Waals surface area contributed by atoms with Crippen LogP contribution in [0.15, 0.2) is 17.8 Å². The van der Waals surface area contributed by atoms with Crippen molar-refractivity contribution in [3.05, 3.63) is 12.8 Å². The Morgan fingerprint density at radius 2 is 2.00 bits per heavy atom. The van der Waals surface area contributed by atoms with Gasteiger partial charge in [0, 0.05) is 0 Å². The van der Waals surface area contributed by atoms with Gasteiger partial charge in [0.2, 0.25) is 0 Å². The van der Waals surface area contributed by atoms with Gasteiger partial charge >= 0.3 is 0 Å². The van der Waals surface area contributed by atoms with E-state index in [1.165, 1.54) is 25.5 Å². The Morgan fingerprint density at radius 1 is 1.33 bits per heavy atom. The first-order chi connectivity index (χ1) is 5.83. The van der Waals surface area contributed by atoms with E-state index in [4.69, 9.17) is 4.74 Å².